The molecule has 2 aromatic rings. The molecule has 0 bridgehead atoms. The maximum atomic E-state index is 12.2. The van der Waals surface area contributed by atoms with Crippen molar-refractivity contribution >= 4 is 30.7 Å². The van der Waals surface area contributed by atoms with Crippen molar-refractivity contribution in [3.05, 3.63) is 41.9 Å². The molecular weight excluding hydrogens is 337 g/mol. The van der Waals surface area contributed by atoms with E-state index in [2.05, 4.69) is 20.7 Å². The number of hydrogen-bond acceptors (Lipinski definition) is 4. The highest BCUT2D eigenvalue weighted by molar-refractivity contribution is 5.95. The molecule has 2 heterocycles. The SMILES string of the molecule is CCc1c(C(=O)NCCCNC)cnn1-c1ccccn1.Cl.Cl. The van der Waals surface area contributed by atoms with Gasteiger partial charge in [-0.05, 0) is 38.6 Å². The highest BCUT2D eigenvalue weighted by atomic mass is 35.5. The number of nitrogens with one attached hydrogen (secondary N) is 2. The Morgan fingerprint density at radius 3 is 2.65 bits per heavy atom. The summed E-state index contributed by atoms with van der Waals surface area (Å²) in [5.74, 6) is 0.647. The Kier molecular flexibility index (Phi) is 10.2. The van der Waals surface area contributed by atoms with E-state index in [1.807, 2.05) is 32.2 Å². The topological polar surface area (TPSA) is 71.8 Å². The number of pyridine rings is 1. The third-order valence-corrected chi connectivity index (χ3v) is 3.20. The van der Waals surface area contributed by atoms with Gasteiger partial charge in [0.2, 0.25) is 0 Å². The summed E-state index contributed by atoms with van der Waals surface area (Å²) in [6.45, 7) is 3.54. The number of carbonyl (C=O) groups is 1. The molecule has 0 radical (unpaired) electrons. The maximum absolute atomic E-state index is 12.2. The lowest BCUT2D eigenvalue weighted by molar-refractivity contribution is 0.0952. The molecule has 0 saturated heterocycles. The first-order valence-electron chi connectivity index (χ1n) is 7.19. The van der Waals surface area contributed by atoms with Gasteiger partial charge in [-0.2, -0.15) is 5.10 Å². The molecule has 0 fully saturated rings. The molecule has 0 atom stereocenters. The first kappa shape index (κ1) is 21.4. The molecule has 0 spiro atoms. The van der Waals surface area contributed by atoms with E-state index < -0.39 is 0 Å². The molecule has 0 aliphatic rings. The zero-order valence-corrected chi connectivity index (χ0v) is 14.9. The van der Waals surface area contributed by atoms with Gasteiger partial charge in [-0.15, -0.1) is 24.8 Å². The largest absolute Gasteiger partial charge is 0.352 e. The molecule has 0 aliphatic carbocycles. The molecular formula is C15H23Cl2N5O. The second-order valence-corrected chi connectivity index (χ2v) is 4.67. The fraction of sp³-hybridized carbons (Fsp3) is 0.400. The summed E-state index contributed by atoms with van der Waals surface area (Å²) in [4.78, 5) is 16.5. The van der Waals surface area contributed by atoms with Crippen LogP contribution in [0.3, 0.4) is 0 Å². The van der Waals surface area contributed by atoms with Gasteiger partial charge in [0.1, 0.15) is 0 Å². The molecule has 23 heavy (non-hydrogen) atoms. The van der Waals surface area contributed by atoms with Gasteiger partial charge in [-0.1, -0.05) is 13.0 Å². The average molecular weight is 360 g/mol. The van der Waals surface area contributed by atoms with E-state index >= 15 is 0 Å². The summed E-state index contributed by atoms with van der Waals surface area (Å²) in [7, 11) is 1.90. The van der Waals surface area contributed by atoms with E-state index in [0.717, 1.165) is 30.9 Å². The fourth-order valence-corrected chi connectivity index (χ4v) is 2.14. The number of aromatic nitrogens is 3. The minimum absolute atomic E-state index is 0. The number of carbonyl (C=O) groups excluding carboxylic acids is 1. The molecule has 1 amide bonds. The van der Waals surface area contributed by atoms with Crippen LogP contribution in [-0.2, 0) is 6.42 Å². The number of nitrogens with zero attached hydrogens (tertiary/aromatic N) is 3. The molecule has 8 heteroatoms. The molecule has 0 unspecified atom stereocenters. The molecule has 0 aromatic carbocycles. The van der Waals surface area contributed by atoms with Gasteiger partial charge in [-0.3, -0.25) is 4.79 Å². The van der Waals surface area contributed by atoms with Gasteiger partial charge in [0, 0.05) is 12.7 Å². The van der Waals surface area contributed by atoms with Crippen LogP contribution in [0.2, 0.25) is 0 Å². The summed E-state index contributed by atoms with van der Waals surface area (Å²) < 4.78 is 1.72. The Hall–Kier alpha value is -1.63. The predicted octanol–water partition coefficient (Wildman–Crippen LogP) is 2.01. The van der Waals surface area contributed by atoms with Crippen LogP contribution in [0.25, 0.3) is 5.82 Å². The van der Waals surface area contributed by atoms with Gasteiger partial charge >= 0.3 is 0 Å². The van der Waals surface area contributed by atoms with E-state index in [4.69, 9.17) is 0 Å². The van der Waals surface area contributed by atoms with Crippen LogP contribution in [-0.4, -0.2) is 40.8 Å². The second-order valence-electron chi connectivity index (χ2n) is 4.67. The smallest absolute Gasteiger partial charge is 0.254 e. The van der Waals surface area contributed by atoms with E-state index in [1.54, 1.807) is 17.1 Å². The molecule has 6 nitrogen and oxygen atoms in total. The normalized spacial score (nSPS) is 9.65. The van der Waals surface area contributed by atoms with E-state index in [-0.39, 0.29) is 30.7 Å². The summed E-state index contributed by atoms with van der Waals surface area (Å²) in [5.41, 5.74) is 1.49. The third-order valence-electron chi connectivity index (χ3n) is 3.20. The fourth-order valence-electron chi connectivity index (χ4n) is 2.14. The zero-order valence-electron chi connectivity index (χ0n) is 13.3. The van der Waals surface area contributed by atoms with E-state index in [9.17, 15) is 4.79 Å². The summed E-state index contributed by atoms with van der Waals surface area (Å²) >= 11 is 0. The minimum Gasteiger partial charge on any atom is -0.352 e. The van der Waals surface area contributed by atoms with Crippen molar-refractivity contribution in [1.82, 2.24) is 25.4 Å². The average Bonchev–Trinajstić information content (AvgIpc) is 2.96. The van der Waals surface area contributed by atoms with Crippen LogP contribution in [0.5, 0.6) is 0 Å². The van der Waals surface area contributed by atoms with Crippen LogP contribution in [0, 0.1) is 0 Å². The first-order chi connectivity index (χ1) is 10.3. The molecule has 0 saturated carbocycles. The highest BCUT2D eigenvalue weighted by Crippen LogP contribution is 2.14. The van der Waals surface area contributed by atoms with Crippen molar-refractivity contribution in [2.75, 3.05) is 20.1 Å². The van der Waals surface area contributed by atoms with Gasteiger partial charge in [0.05, 0.1) is 17.5 Å². The van der Waals surface area contributed by atoms with Crippen molar-refractivity contribution in [3.8, 4) is 5.82 Å². The minimum atomic E-state index is -0.0786. The van der Waals surface area contributed by atoms with Crippen LogP contribution in [0.15, 0.2) is 30.6 Å². The van der Waals surface area contributed by atoms with Crippen LogP contribution in [0.1, 0.15) is 29.4 Å². The van der Waals surface area contributed by atoms with Crippen LogP contribution in [0.4, 0.5) is 0 Å². The second kappa shape index (κ2) is 11.0. The summed E-state index contributed by atoms with van der Waals surface area (Å²) in [6, 6.07) is 5.63. The van der Waals surface area contributed by atoms with Crippen LogP contribution < -0.4 is 10.6 Å². The Morgan fingerprint density at radius 1 is 1.26 bits per heavy atom. The van der Waals surface area contributed by atoms with Gasteiger partial charge < -0.3 is 10.6 Å². The van der Waals surface area contributed by atoms with E-state index in [0.29, 0.717) is 12.1 Å². The molecule has 2 aromatic heterocycles. The monoisotopic (exact) mass is 359 g/mol. The van der Waals surface area contributed by atoms with Gasteiger partial charge in [0.25, 0.3) is 5.91 Å². The van der Waals surface area contributed by atoms with Gasteiger partial charge in [-0.25, -0.2) is 9.67 Å². The Morgan fingerprint density at radius 2 is 2.04 bits per heavy atom. The quantitative estimate of drug-likeness (QED) is 0.741. The summed E-state index contributed by atoms with van der Waals surface area (Å²) in [6.07, 6.45) is 4.95. The zero-order chi connectivity index (χ0) is 15.1. The van der Waals surface area contributed by atoms with Crippen LogP contribution >= 0.6 is 24.8 Å². The molecule has 2 N–H and O–H groups in total. The third kappa shape index (κ3) is 5.49. The standard InChI is InChI=1S/C15H21N5O.2ClH/c1-3-13-12(15(21)18-10-6-8-16-2)11-19-20(13)14-7-4-5-9-17-14;;/h4-5,7,9,11,16H,3,6,8,10H2,1-2H3,(H,18,21);2*1H. The number of rotatable bonds is 7. The Labute approximate surface area is 148 Å². The number of amides is 1. The molecule has 128 valence electrons. The Bertz CT molecular complexity index is 589. The summed E-state index contributed by atoms with van der Waals surface area (Å²) in [5, 5.41) is 10.3. The molecule has 0 aliphatic heterocycles. The van der Waals surface area contributed by atoms with Crippen molar-refractivity contribution in [1.29, 1.82) is 0 Å². The lowest BCUT2D eigenvalue weighted by Crippen LogP contribution is -2.27. The molecule has 2 rings (SSSR count). The van der Waals surface area contributed by atoms with Crippen molar-refractivity contribution in [2.24, 2.45) is 0 Å². The van der Waals surface area contributed by atoms with Crippen molar-refractivity contribution < 1.29 is 4.79 Å². The van der Waals surface area contributed by atoms with Crippen molar-refractivity contribution in [3.63, 3.8) is 0 Å². The lowest BCUT2D eigenvalue weighted by Gasteiger charge is -2.07. The number of hydrogen-bond donors (Lipinski definition) is 2. The van der Waals surface area contributed by atoms with Gasteiger partial charge in [0.15, 0.2) is 5.82 Å². The predicted molar refractivity (Wildman–Crippen MR) is 96.1 cm³/mol. The number of halogens is 2. The highest BCUT2D eigenvalue weighted by Gasteiger charge is 2.17. The maximum Gasteiger partial charge on any atom is 0.254 e. The first-order valence-corrected chi connectivity index (χ1v) is 7.19. The Balaban J connectivity index is 0.00000242. The van der Waals surface area contributed by atoms with Crippen molar-refractivity contribution in [2.45, 2.75) is 19.8 Å². The van der Waals surface area contributed by atoms with E-state index in [1.165, 1.54) is 0 Å². The lowest BCUT2D eigenvalue weighted by atomic mass is 10.2.